The van der Waals surface area contributed by atoms with Gasteiger partial charge in [-0.1, -0.05) is 0 Å². The molecule has 0 aromatic rings. The molecule has 0 radical (unpaired) electrons. The third-order valence-electron chi connectivity index (χ3n) is 5.13. The molecule has 4 rings (SSSR count). The van der Waals surface area contributed by atoms with E-state index in [-0.39, 0.29) is 0 Å². The van der Waals surface area contributed by atoms with Crippen LogP contribution in [0.25, 0.3) is 0 Å². The summed E-state index contributed by atoms with van der Waals surface area (Å²) in [6, 6.07) is 2.69. The lowest BCUT2D eigenvalue weighted by atomic mass is 9.98. The topological polar surface area (TPSA) is 15.3 Å². The molecule has 1 N–H and O–H groups in total. The highest BCUT2D eigenvalue weighted by Crippen LogP contribution is 2.47. The lowest BCUT2D eigenvalue weighted by Gasteiger charge is -2.39. The molecule has 0 aromatic heterocycles. The van der Waals surface area contributed by atoms with Gasteiger partial charge in [-0.25, -0.2) is 0 Å². The second kappa shape index (κ2) is 4.24. The van der Waals surface area contributed by atoms with Gasteiger partial charge in [-0.3, -0.25) is 4.90 Å². The van der Waals surface area contributed by atoms with E-state index in [0.29, 0.717) is 0 Å². The van der Waals surface area contributed by atoms with Crippen molar-refractivity contribution in [1.29, 1.82) is 0 Å². The molecule has 3 aliphatic carbocycles. The molecular formula is C15H26N2. The molecule has 1 saturated heterocycles. The van der Waals surface area contributed by atoms with Crippen LogP contribution < -0.4 is 5.32 Å². The van der Waals surface area contributed by atoms with Crippen LogP contribution in [0.5, 0.6) is 0 Å². The molecule has 1 unspecified atom stereocenters. The van der Waals surface area contributed by atoms with E-state index in [4.69, 9.17) is 0 Å². The van der Waals surface area contributed by atoms with E-state index in [0.717, 1.165) is 30.0 Å². The summed E-state index contributed by atoms with van der Waals surface area (Å²) in [5, 5.41) is 3.85. The Balaban J connectivity index is 1.37. The van der Waals surface area contributed by atoms with Crippen molar-refractivity contribution in [3.05, 3.63) is 0 Å². The van der Waals surface area contributed by atoms with Crippen molar-refractivity contribution in [3.8, 4) is 0 Å². The molecule has 2 heteroatoms. The summed E-state index contributed by atoms with van der Waals surface area (Å²) >= 11 is 0. The molecule has 4 fully saturated rings. The van der Waals surface area contributed by atoms with Gasteiger partial charge >= 0.3 is 0 Å². The fourth-order valence-electron chi connectivity index (χ4n) is 3.85. The minimum atomic E-state index is 0.816. The van der Waals surface area contributed by atoms with Gasteiger partial charge in [0.15, 0.2) is 0 Å². The molecule has 0 spiro atoms. The molecule has 2 nitrogen and oxygen atoms in total. The summed E-state index contributed by atoms with van der Waals surface area (Å²) in [6.45, 7) is 2.74. The number of piperidine rings is 1. The van der Waals surface area contributed by atoms with E-state index in [2.05, 4.69) is 10.2 Å². The second-order valence-corrected chi connectivity index (χ2v) is 6.94. The summed E-state index contributed by atoms with van der Waals surface area (Å²) in [7, 11) is 0. The molecule has 96 valence electrons. The van der Waals surface area contributed by atoms with Crippen LogP contribution in [-0.4, -0.2) is 36.1 Å². The maximum Gasteiger partial charge on any atom is 0.0198 e. The molecule has 0 aromatic carbocycles. The molecule has 3 saturated carbocycles. The number of nitrogens with zero attached hydrogens (tertiary/aromatic N) is 1. The number of likely N-dealkylation sites (tertiary alicyclic amines) is 1. The molecule has 4 aliphatic rings. The number of rotatable bonds is 5. The Bertz CT molecular complexity index is 267. The number of hydrogen-bond donors (Lipinski definition) is 1. The lowest BCUT2D eigenvalue weighted by molar-refractivity contribution is 0.108. The first-order chi connectivity index (χ1) is 8.40. The minimum absolute atomic E-state index is 0.816. The monoisotopic (exact) mass is 234 g/mol. The predicted octanol–water partition coefficient (Wildman–Crippen LogP) is 2.39. The van der Waals surface area contributed by atoms with Crippen LogP contribution in [0.15, 0.2) is 0 Å². The summed E-state index contributed by atoms with van der Waals surface area (Å²) in [5.41, 5.74) is 0. The first-order valence-electron chi connectivity index (χ1n) is 7.90. The van der Waals surface area contributed by atoms with Crippen molar-refractivity contribution < 1.29 is 0 Å². The zero-order valence-electron chi connectivity index (χ0n) is 10.9. The fourth-order valence-corrected chi connectivity index (χ4v) is 3.85. The highest BCUT2D eigenvalue weighted by Gasteiger charge is 2.45. The van der Waals surface area contributed by atoms with E-state index >= 15 is 0 Å². The van der Waals surface area contributed by atoms with E-state index in [9.17, 15) is 0 Å². The molecule has 0 amide bonds. The third kappa shape index (κ3) is 2.53. The van der Waals surface area contributed by atoms with Crippen molar-refractivity contribution in [1.82, 2.24) is 10.2 Å². The van der Waals surface area contributed by atoms with Gasteiger partial charge in [0, 0.05) is 24.7 Å². The highest BCUT2D eigenvalue weighted by atomic mass is 15.2. The maximum absolute atomic E-state index is 3.85. The Kier molecular flexibility index (Phi) is 2.69. The second-order valence-electron chi connectivity index (χ2n) is 6.94. The van der Waals surface area contributed by atoms with E-state index < -0.39 is 0 Å². The average molecular weight is 234 g/mol. The van der Waals surface area contributed by atoms with E-state index in [1.165, 1.54) is 64.5 Å². The summed E-state index contributed by atoms with van der Waals surface area (Å²) < 4.78 is 0. The van der Waals surface area contributed by atoms with Gasteiger partial charge in [0.25, 0.3) is 0 Å². The van der Waals surface area contributed by atoms with Crippen LogP contribution in [0.4, 0.5) is 0 Å². The third-order valence-corrected chi connectivity index (χ3v) is 5.13. The van der Waals surface area contributed by atoms with Gasteiger partial charge in [-0.2, -0.15) is 0 Å². The van der Waals surface area contributed by atoms with Gasteiger partial charge < -0.3 is 5.32 Å². The first kappa shape index (κ1) is 10.8. The zero-order chi connectivity index (χ0) is 11.2. The van der Waals surface area contributed by atoms with Gasteiger partial charge in [0.1, 0.15) is 0 Å². The number of hydrogen-bond acceptors (Lipinski definition) is 2. The Morgan fingerprint density at radius 1 is 0.824 bits per heavy atom. The Hall–Kier alpha value is -0.0800. The van der Waals surface area contributed by atoms with Gasteiger partial charge in [0.2, 0.25) is 0 Å². The zero-order valence-corrected chi connectivity index (χ0v) is 10.9. The van der Waals surface area contributed by atoms with Gasteiger partial charge in [-0.05, 0) is 69.7 Å². The van der Waals surface area contributed by atoms with Crippen LogP contribution in [0.2, 0.25) is 0 Å². The standard InChI is InChI=1S/C15H26N2/c1-2-14(16-13-7-8-13)10-17(9-1)15(11-3-4-11)12-5-6-12/h11-16H,1-10H2. The van der Waals surface area contributed by atoms with Crippen molar-refractivity contribution in [2.24, 2.45) is 11.8 Å². The number of nitrogens with one attached hydrogen (secondary N) is 1. The average Bonchev–Trinajstić information content (AvgIpc) is 3.15. The first-order valence-corrected chi connectivity index (χ1v) is 7.90. The molecule has 1 atom stereocenters. The van der Waals surface area contributed by atoms with Crippen LogP contribution in [-0.2, 0) is 0 Å². The largest absolute Gasteiger partial charge is 0.310 e. The quantitative estimate of drug-likeness (QED) is 0.786. The van der Waals surface area contributed by atoms with Crippen molar-refractivity contribution in [2.75, 3.05) is 13.1 Å². The van der Waals surface area contributed by atoms with Crippen LogP contribution >= 0.6 is 0 Å². The predicted molar refractivity (Wildman–Crippen MR) is 70.0 cm³/mol. The van der Waals surface area contributed by atoms with Crippen molar-refractivity contribution in [2.45, 2.75) is 69.5 Å². The van der Waals surface area contributed by atoms with Gasteiger partial charge in [0.05, 0.1) is 0 Å². The SMILES string of the molecule is C1CC(NC2CC2)CN(C(C2CC2)C2CC2)C1. The highest BCUT2D eigenvalue weighted by molar-refractivity contribution is 5.00. The molecular weight excluding hydrogens is 208 g/mol. The van der Waals surface area contributed by atoms with Crippen molar-refractivity contribution >= 4 is 0 Å². The van der Waals surface area contributed by atoms with Gasteiger partial charge in [-0.15, -0.1) is 0 Å². The Morgan fingerprint density at radius 2 is 1.53 bits per heavy atom. The molecule has 17 heavy (non-hydrogen) atoms. The Morgan fingerprint density at radius 3 is 2.12 bits per heavy atom. The minimum Gasteiger partial charge on any atom is -0.310 e. The lowest BCUT2D eigenvalue weighted by Crippen LogP contribution is -2.51. The molecule has 0 bridgehead atoms. The Labute approximate surface area is 105 Å². The molecule has 1 aliphatic heterocycles. The summed E-state index contributed by atoms with van der Waals surface area (Å²) in [5.74, 6) is 2.17. The van der Waals surface area contributed by atoms with Crippen LogP contribution in [0, 0.1) is 11.8 Å². The van der Waals surface area contributed by atoms with Crippen molar-refractivity contribution in [3.63, 3.8) is 0 Å². The summed E-state index contributed by atoms with van der Waals surface area (Å²) in [6.07, 6.45) is 11.8. The van der Waals surface area contributed by atoms with Crippen LogP contribution in [0.3, 0.4) is 0 Å². The normalized spacial score (nSPS) is 35.5. The summed E-state index contributed by atoms with van der Waals surface area (Å²) in [4.78, 5) is 2.87. The maximum atomic E-state index is 3.85. The van der Waals surface area contributed by atoms with Crippen LogP contribution in [0.1, 0.15) is 51.4 Å². The van der Waals surface area contributed by atoms with E-state index in [1.54, 1.807) is 0 Å². The smallest absolute Gasteiger partial charge is 0.0198 e. The van der Waals surface area contributed by atoms with E-state index in [1.807, 2.05) is 0 Å². The molecule has 1 heterocycles. The fraction of sp³-hybridized carbons (Fsp3) is 1.00.